The quantitative estimate of drug-likeness (QED) is 0.494. The lowest BCUT2D eigenvalue weighted by atomic mass is 10.4. The van der Waals surface area contributed by atoms with E-state index in [2.05, 4.69) is 10.3 Å². The van der Waals surface area contributed by atoms with Gasteiger partial charge in [-0.05, 0) is 6.92 Å². The summed E-state index contributed by atoms with van der Waals surface area (Å²) >= 11 is 0. The lowest BCUT2D eigenvalue weighted by molar-refractivity contribution is 0.0821. The molecule has 3 nitrogen and oxygen atoms in total. The standard InChI is InChI=1S/C4H8NO2/c1-4(3-6)5-7-2/h4-5H,1-2H3/t4-/m0/s1. The van der Waals surface area contributed by atoms with Gasteiger partial charge in [0.25, 0.3) is 0 Å². The van der Waals surface area contributed by atoms with Crippen molar-refractivity contribution in [2.24, 2.45) is 0 Å². The van der Waals surface area contributed by atoms with Crippen LogP contribution in [0.5, 0.6) is 0 Å². The Bertz CT molecular complexity index is 55.7. The number of hydrogen-bond acceptors (Lipinski definition) is 3. The second-order valence-electron chi connectivity index (χ2n) is 1.16. The fourth-order valence-corrected chi connectivity index (χ4v) is 0.201. The molecular weight excluding hydrogens is 94.0 g/mol. The average Bonchev–Trinajstić information content (AvgIpc) is 1.68. The number of hydroxylamine groups is 1. The van der Waals surface area contributed by atoms with Gasteiger partial charge in [-0.3, -0.25) is 4.79 Å². The Balaban J connectivity index is 2.98. The van der Waals surface area contributed by atoms with Crippen LogP contribution >= 0.6 is 0 Å². The molecular formula is C4H8NO2. The van der Waals surface area contributed by atoms with Gasteiger partial charge < -0.3 is 4.84 Å². The maximum Gasteiger partial charge on any atom is 0.219 e. The van der Waals surface area contributed by atoms with Crippen molar-refractivity contribution in [2.45, 2.75) is 13.0 Å². The van der Waals surface area contributed by atoms with Gasteiger partial charge in [-0.25, -0.2) is 0 Å². The van der Waals surface area contributed by atoms with Crippen LogP contribution in [0.4, 0.5) is 0 Å². The highest BCUT2D eigenvalue weighted by Crippen LogP contribution is 1.68. The summed E-state index contributed by atoms with van der Waals surface area (Å²) in [7, 11) is 1.45. The zero-order valence-electron chi connectivity index (χ0n) is 4.39. The zero-order valence-corrected chi connectivity index (χ0v) is 4.39. The Labute approximate surface area is 42.6 Å². The van der Waals surface area contributed by atoms with E-state index >= 15 is 0 Å². The Morgan fingerprint density at radius 3 is 2.57 bits per heavy atom. The van der Waals surface area contributed by atoms with Crippen molar-refractivity contribution in [1.29, 1.82) is 0 Å². The molecule has 0 aromatic carbocycles. The first kappa shape index (κ1) is 6.59. The Morgan fingerprint density at radius 1 is 1.86 bits per heavy atom. The van der Waals surface area contributed by atoms with Gasteiger partial charge in [0.05, 0.1) is 13.2 Å². The second kappa shape index (κ2) is 3.77. The molecule has 0 aliphatic carbocycles. The fraction of sp³-hybridized carbons (Fsp3) is 0.750. The number of nitrogens with one attached hydrogen (secondary N) is 1. The topological polar surface area (TPSA) is 38.3 Å². The molecule has 1 radical (unpaired) electrons. The minimum atomic E-state index is -0.329. The van der Waals surface area contributed by atoms with E-state index < -0.39 is 0 Å². The van der Waals surface area contributed by atoms with Crippen LogP contribution in [0.3, 0.4) is 0 Å². The van der Waals surface area contributed by atoms with Gasteiger partial charge in [-0.2, -0.15) is 5.48 Å². The van der Waals surface area contributed by atoms with E-state index in [4.69, 9.17) is 0 Å². The van der Waals surface area contributed by atoms with Crippen LogP contribution in [0.2, 0.25) is 0 Å². The molecule has 0 bridgehead atoms. The summed E-state index contributed by atoms with van der Waals surface area (Å²) < 4.78 is 0. The predicted molar refractivity (Wildman–Crippen MR) is 25.3 cm³/mol. The van der Waals surface area contributed by atoms with Crippen LogP contribution in [0, 0.1) is 0 Å². The maximum atomic E-state index is 9.63. The highest BCUT2D eigenvalue weighted by molar-refractivity contribution is 5.57. The molecule has 7 heavy (non-hydrogen) atoms. The van der Waals surface area contributed by atoms with Crippen molar-refractivity contribution in [3.8, 4) is 0 Å². The van der Waals surface area contributed by atoms with Gasteiger partial charge >= 0.3 is 0 Å². The van der Waals surface area contributed by atoms with E-state index in [-0.39, 0.29) is 6.04 Å². The highest BCUT2D eigenvalue weighted by atomic mass is 16.6. The van der Waals surface area contributed by atoms with E-state index in [9.17, 15) is 4.79 Å². The molecule has 3 heteroatoms. The smallest absolute Gasteiger partial charge is 0.219 e. The van der Waals surface area contributed by atoms with E-state index in [1.807, 2.05) is 0 Å². The van der Waals surface area contributed by atoms with Crippen LogP contribution in [-0.4, -0.2) is 19.4 Å². The zero-order chi connectivity index (χ0) is 5.70. The first-order chi connectivity index (χ1) is 3.31. The van der Waals surface area contributed by atoms with Crippen molar-refractivity contribution in [3.05, 3.63) is 0 Å². The Morgan fingerprint density at radius 2 is 2.43 bits per heavy atom. The highest BCUT2D eigenvalue weighted by Gasteiger charge is 1.93. The summed E-state index contributed by atoms with van der Waals surface area (Å²) in [6.07, 6.45) is 1.68. The predicted octanol–water partition coefficient (Wildman–Crippen LogP) is -0.364. The molecule has 0 aliphatic heterocycles. The number of carbonyl (C=O) groups excluding carboxylic acids is 1. The lowest BCUT2D eigenvalue weighted by Crippen LogP contribution is -2.25. The number of rotatable bonds is 3. The third-order valence-electron chi connectivity index (χ3n) is 0.471. The van der Waals surface area contributed by atoms with Crippen molar-refractivity contribution >= 4 is 6.29 Å². The molecule has 0 rings (SSSR count). The minimum Gasteiger partial charge on any atom is -0.304 e. The summed E-state index contributed by atoms with van der Waals surface area (Å²) in [5, 5.41) is 0. The minimum absolute atomic E-state index is 0.329. The molecule has 0 spiro atoms. The molecule has 0 aromatic heterocycles. The average molecular weight is 102 g/mol. The van der Waals surface area contributed by atoms with Gasteiger partial charge in [-0.15, -0.1) is 0 Å². The van der Waals surface area contributed by atoms with Crippen molar-refractivity contribution in [2.75, 3.05) is 7.11 Å². The molecule has 1 N–H and O–H groups in total. The maximum absolute atomic E-state index is 9.63. The Hall–Kier alpha value is -0.410. The summed E-state index contributed by atoms with van der Waals surface area (Å²) in [4.78, 5) is 14.0. The van der Waals surface area contributed by atoms with Crippen LogP contribution in [-0.2, 0) is 9.63 Å². The van der Waals surface area contributed by atoms with E-state index in [0.717, 1.165) is 0 Å². The molecule has 0 aromatic rings. The SMILES string of the molecule is CON[C@@H](C)[C]=O. The van der Waals surface area contributed by atoms with Gasteiger partial charge in [0.2, 0.25) is 6.29 Å². The lowest BCUT2D eigenvalue weighted by Gasteiger charge is -1.99. The summed E-state index contributed by atoms with van der Waals surface area (Å²) in [6, 6.07) is -0.329. The van der Waals surface area contributed by atoms with Crippen molar-refractivity contribution in [1.82, 2.24) is 5.48 Å². The summed E-state index contributed by atoms with van der Waals surface area (Å²) in [5.41, 5.74) is 2.37. The summed E-state index contributed by atoms with van der Waals surface area (Å²) in [6.45, 7) is 1.65. The van der Waals surface area contributed by atoms with Gasteiger partial charge in [0.15, 0.2) is 0 Å². The van der Waals surface area contributed by atoms with E-state index in [0.29, 0.717) is 0 Å². The molecule has 0 aliphatic rings. The third kappa shape index (κ3) is 3.42. The number of hydrogen-bond donors (Lipinski definition) is 1. The molecule has 41 valence electrons. The molecule has 0 heterocycles. The van der Waals surface area contributed by atoms with Gasteiger partial charge in [-0.1, -0.05) is 0 Å². The van der Waals surface area contributed by atoms with E-state index in [1.54, 1.807) is 13.2 Å². The first-order valence-electron chi connectivity index (χ1n) is 1.97. The second-order valence-corrected chi connectivity index (χ2v) is 1.16. The molecule has 0 unspecified atom stereocenters. The van der Waals surface area contributed by atoms with Crippen LogP contribution in [0.15, 0.2) is 0 Å². The molecule has 0 saturated heterocycles. The van der Waals surface area contributed by atoms with Crippen LogP contribution < -0.4 is 5.48 Å². The normalized spacial score (nSPS) is 13.4. The molecule has 0 fully saturated rings. The Kier molecular flexibility index (Phi) is 3.55. The monoisotopic (exact) mass is 102 g/mol. The van der Waals surface area contributed by atoms with Crippen LogP contribution in [0.25, 0.3) is 0 Å². The molecule has 0 saturated carbocycles. The summed E-state index contributed by atoms with van der Waals surface area (Å²) in [5.74, 6) is 0. The largest absolute Gasteiger partial charge is 0.304 e. The van der Waals surface area contributed by atoms with Crippen molar-refractivity contribution in [3.63, 3.8) is 0 Å². The van der Waals surface area contributed by atoms with Gasteiger partial charge in [0, 0.05) is 0 Å². The molecule has 1 atom stereocenters. The van der Waals surface area contributed by atoms with Crippen molar-refractivity contribution < 1.29 is 9.63 Å². The van der Waals surface area contributed by atoms with E-state index in [1.165, 1.54) is 7.11 Å². The molecule has 0 amide bonds. The third-order valence-corrected chi connectivity index (χ3v) is 0.471. The van der Waals surface area contributed by atoms with Crippen LogP contribution in [0.1, 0.15) is 6.92 Å². The fourth-order valence-electron chi connectivity index (χ4n) is 0.201. The van der Waals surface area contributed by atoms with Gasteiger partial charge in [0.1, 0.15) is 0 Å². The first-order valence-corrected chi connectivity index (χ1v) is 1.97.